The Morgan fingerprint density at radius 2 is 1.80 bits per heavy atom. The largest absolute Gasteiger partial charge is 0.310 e. The molecule has 0 aromatic heterocycles. The molecule has 0 radical (unpaired) electrons. The van der Waals surface area contributed by atoms with Crippen LogP contribution in [0, 0.1) is 5.92 Å². The van der Waals surface area contributed by atoms with E-state index >= 15 is 0 Å². The van der Waals surface area contributed by atoms with Gasteiger partial charge in [0.05, 0.1) is 0 Å². The zero-order valence-electron chi connectivity index (χ0n) is 9.96. The molecule has 1 aliphatic rings. The summed E-state index contributed by atoms with van der Waals surface area (Å²) in [7, 11) is 0. The summed E-state index contributed by atoms with van der Waals surface area (Å²) in [5, 5.41) is 3.61. The topological polar surface area (TPSA) is 12.0 Å². The smallest absolute Gasteiger partial charge is 0.0354 e. The Morgan fingerprint density at radius 1 is 1.13 bits per heavy atom. The van der Waals surface area contributed by atoms with Gasteiger partial charge in [-0.25, -0.2) is 0 Å². The molecular weight excluding hydrogens is 182 g/mol. The van der Waals surface area contributed by atoms with E-state index in [9.17, 15) is 0 Å². The van der Waals surface area contributed by atoms with Crippen LogP contribution < -0.4 is 5.32 Å². The van der Waals surface area contributed by atoms with Gasteiger partial charge in [-0.1, -0.05) is 45.0 Å². The van der Waals surface area contributed by atoms with Gasteiger partial charge in [0, 0.05) is 6.04 Å². The van der Waals surface area contributed by atoms with Gasteiger partial charge in [-0.05, 0) is 35.9 Å². The second-order valence-corrected chi connectivity index (χ2v) is 4.54. The predicted octanol–water partition coefficient (Wildman–Crippen LogP) is 3.48. The zero-order chi connectivity index (χ0) is 10.8. The van der Waals surface area contributed by atoms with Crippen LogP contribution >= 0.6 is 0 Å². The first-order valence-electron chi connectivity index (χ1n) is 6.11. The third kappa shape index (κ3) is 1.69. The summed E-state index contributed by atoms with van der Waals surface area (Å²) in [6.07, 6.45) is 1.25. The molecule has 2 rings (SSSR count). The normalized spacial score (nSPS) is 29.1. The van der Waals surface area contributed by atoms with Gasteiger partial charge in [-0.15, -0.1) is 0 Å². The standard InChI is InChI=1S/C14H21N/c1-4-11-10(3)14(15-5-2)13-9-7-6-8-12(11)13/h6-11,14-15H,4-5H2,1-3H3. The molecule has 0 bridgehead atoms. The lowest BCUT2D eigenvalue weighted by Gasteiger charge is -2.21. The van der Waals surface area contributed by atoms with E-state index in [-0.39, 0.29) is 0 Å². The first kappa shape index (κ1) is 10.7. The Kier molecular flexibility index (Phi) is 3.11. The molecule has 0 heterocycles. The van der Waals surface area contributed by atoms with Gasteiger partial charge in [-0.3, -0.25) is 0 Å². The van der Waals surface area contributed by atoms with Crippen LogP contribution in [-0.4, -0.2) is 6.54 Å². The summed E-state index contributed by atoms with van der Waals surface area (Å²) in [6.45, 7) is 7.92. The van der Waals surface area contributed by atoms with Crippen molar-refractivity contribution in [2.45, 2.75) is 39.2 Å². The van der Waals surface area contributed by atoms with E-state index in [1.54, 1.807) is 5.56 Å². The summed E-state index contributed by atoms with van der Waals surface area (Å²) in [5.41, 5.74) is 3.09. The Bertz CT molecular complexity index is 332. The average molecular weight is 203 g/mol. The predicted molar refractivity (Wildman–Crippen MR) is 65.1 cm³/mol. The van der Waals surface area contributed by atoms with Crippen LogP contribution in [0.2, 0.25) is 0 Å². The third-order valence-corrected chi connectivity index (χ3v) is 3.75. The average Bonchev–Trinajstić information content (AvgIpc) is 2.53. The lowest BCUT2D eigenvalue weighted by molar-refractivity contribution is 0.367. The molecule has 0 saturated heterocycles. The van der Waals surface area contributed by atoms with Gasteiger partial charge in [-0.2, -0.15) is 0 Å². The second kappa shape index (κ2) is 4.36. The zero-order valence-corrected chi connectivity index (χ0v) is 9.96. The monoisotopic (exact) mass is 203 g/mol. The highest BCUT2D eigenvalue weighted by Crippen LogP contribution is 2.46. The highest BCUT2D eigenvalue weighted by molar-refractivity contribution is 5.39. The molecule has 0 amide bonds. The van der Waals surface area contributed by atoms with E-state index in [0.29, 0.717) is 6.04 Å². The minimum absolute atomic E-state index is 0.566. The molecule has 1 aliphatic carbocycles. The maximum atomic E-state index is 3.61. The molecule has 0 spiro atoms. The van der Waals surface area contributed by atoms with E-state index in [0.717, 1.165) is 18.4 Å². The van der Waals surface area contributed by atoms with Gasteiger partial charge in [0.2, 0.25) is 0 Å². The second-order valence-electron chi connectivity index (χ2n) is 4.54. The fourth-order valence-electron chi connectivity index (χ4n) is 3.04. The molecule has 1 aromatic carbocycles. The molecule has 1 N–H and O–H groups in total. The van der Waals surface area contributed by atoms with Crippen LogP contribution in [0.1, 0.15) is 50.3 Å². The third-order valence-electron chi connectivity index (χ3n) is 3.75. The van der Waals surface area contributed by atoms with E-state index in [2.05, 4.69) is 50.4 Å². The van der Waals surface area contributed by atoms with Crippen molar-refractivity contribution < 1.29 is 0 Å². The molecule has 1 aromatic rings. The van der Waals surface area contributed by atoms with Gasteiger partial charge in [0.1, 0.15) is 0 Å². The number of fused-ring (bicyclic) bond motifs is 1. The summed E-state index contributed by atoms with van der Waals surface area (Å²) >= 11 is 0. The van der Waals surface area contributed by atoms with Crippen molar-refractivity contribution in [1.82, 2.24) is 5.32 Å². The molecule has 3 unspecified atom stereocenters. The summed E-state index contributed by atoms with van der Waals surface area (Å²) < 4.78 is 0. The van der Waals surface area contributed by atoms with Crippen molar-refractivity contribution in [2.75, 3.05) is 6.54 Å². The number of hydrogen-bond donors (Lipinski definition) is 1. The highest BCUT2D eigenvalue weighted by Gasteiger charge is 2.35. The van der Waals surface area contributed by atoms with Crippen LogP contribution in [-0.2, 0) is 0 Å². The fraction of sp³-hybridized carbons (Fsp3) is 0.571. The molecule has 0 fully saturated rings. The summed E-state index contributed by atoms with van der Waals surface area (Å²) in [4.78, 5) is 0. The lowest BCUT2D eigenvalue weighted by Crippen LogP contribution is -2.24. The van der Waals surface area contributed by atoms with E-state index in [4.69, 9.17) is 0 Å². The van der Waals surface area contributed by atoms with Gasteiger partial charge < -0.3 is 5.32 Å². The van der Waals surface area contributed by atoms with Crippen molar-refractivity contribution in [3.63, 3.8) is 0 Å². The molecule has 0 aliphatic heterocycles. The van der Waals surface area contributed by atoms with Gasteiger partial charge in [0.15, 0.2) is 0 Å². The Morgan fingerprint density at radius 3 is 2.40 bits per heavy atom. The molecule has 3 atom stereocenters. The maximum absolute atomic E-state index is 3.61. The van der Waals surface area contributed by atoms with Crippen molar-refractivity contribution in [3.8, 4) is 0 Å². The Hall–Kier alpha value is -0.820. The quantitative estimate of drug-likeness (QED) is 0.793. The van der Waals surface area contributed by atoms with Crippen LogP contribution in [0.5, 0.6) is 0 Å². The summed E-state index contributed by atoms with van der Waals surface area (Å²) in [6, 6.07) is 9.49. The first-order chi connectivity index (χ1) is 7.29. The number of benzene rings is 1. The SMILES string of the molecule is CCNC1c2ccccc2C(CC)C1C. The van der Waals surface area contributed by atoms with Crippen molar-refractivity contribution >= 4 is 0 Å². The summed E-state index contributed by atoms with van der Waals surface area (Å²) in [5.74, 6) is 1.47. The molecular formula is C14H21N. The molecule has 15 heavy (non-hydrogen) atoms. The van der Waals surface area contributed by atoms with Gasteiger partial charge in [0.25, 0.3) is 0 Å². The Balaban J connectivity index is 2.37. The lowest BCUT2D eigenvalue weighted by atomic mass is 9.90. The fourth-order valence-corrected chi connectivity index (χ4v) is 3.04. The highest BCUT2D eigenvalue weighted by atomic mass is 14.9. The minimum atomic E-state index is 0.566. The number of rotatable bonds is 3. The maximum Gasteiger partial charge on any atom is 0.0354 e. The number of hydrogen-bond acceptors (Lipinski definition) is 1. The number of nitrogens with one attached hydrogen (secondary N) is 1. The van der Waals surface area contributed by atoms with E-state index in [1.807, 2.05) is 0 Å². The van der Waals surface area contributed by atoms with Crippen LogP contribution in [0.4, 0.5) is 0 Å². The molecule has 1 nitrogen and oxygen atoms in total. The van der Waals surface area contributed by atoms with Crippen LogP contribution in [0.25, 0.3) is 0 Å². The van der Waals surface area contributed by atoms with E-state index in [1.165, 1.54) is 12.0 Å². The molecule has 1 heteroatoms. The van der Waals surface area contributed by atoms with Crippen LogP contribution in [0.3, 0.4) is 0 Å². The van der Waals surface area contributed by atoms with Crippen molar-refractivity contribution in [3.05, 3.63) is 35.4 Å². The van der Waals surface area contributed by atoms with Gasteiger partial charge >= 0.3 is 0 Å². The van der Waals surface area contributed by atoms with Crippen molar-refractivity contribution in [1.29, 1.82) is 0 Å². The minimum Gasteiger partial charge on any atom is -0.310 e. The molecule has 82 valence electrons. The van der Waals surface area contributed by atoms with E-state index < -0.39 is 0 Å². The van der Waals surface area contributed by atoms with Crippen LogP contribution in [0.15, 0.2) is 24.3 Å². The molecule has 0 saturated carbocycles. The van der Waals surface area contributed by atoms with Crippen molar-refractivity contribution in [2.24, 2.45) is 5.92 Å². The Labute approximate surface area is 92.9 Å². The first-order valence-corrected chi connectivity index (χ1v) is 6.11.